The number of carbonyl (C=O) groups excluding carboxylic acids is 2. The number of nitrogens with zero attached hydrogens (tertiary/aromatic N) is 1. The number of ketones is 1. The second-order valence-corrected chi connectivity index (χ2v) is 7.62. The Hall–Kier alpha value is -3.28. The molecule has 2 aromatic rings. The van der Waals surface area contributed by atoms with E-state index >= 15 is 0 Å². The largest absolute Gasteiger partial charge is 0.507 e. The fraction of sp³-hybridized carbons (Fsp3) is 0.333. The third-order valence-corrected chi connectivity index (χ3v) is 5.67. The molecule has 0 aromatic heterocycles. The van der Waals surface area contributed by atoms with Crippen molar-refractivity contribution in [1.82, 2.24) is 4.90 Å². The van der Waals surface area contributed by atoms with E-state index in [4.69, 9.17) is 9.47 Å². The Labute approximate surface area is 175 Å². The van der Waals surface area contributed by atoms with E-state index in [9.17, 15) is 14.7 Å². The molecule has 1 N–H and O–H groups in total. The van der Waals surface area contributed by atoms with Crippen molar-refractivity contribution in [2.45, 2.75) is 39.2 Å². The Balaban J connectivity index is 1.83. The number of aliphatic hydroxyl groups excluding tert-OH is 1. The monoisotopic (exact) mass is 407 g/mol. The molecule has 0 bridgehead atoms. The zero-order chi connectivity index (χ0) is 21.3. The Kier molecular flexibility index (Phi) is 5.48. The summed E-state index contributed by atoms with van der Waals surface area (Å²) in [4.78, 5) is 27.5. The van der Waals surface area contributed by atoms with Crippen LogP contribution in [0.15, 0.2) is 48.0 Å². The molecule has 1 unspecified atom stereocenters. The molecule has 1 saturated heterocycles. The number of amides is 1. The summed E-state index contributed by atoms with van der Waals surface area (Å²) in [6, 6.07) is 12.0. The predicted molar refractivity (Wildman–Crippen MR) is 112 cm³/mol. The average molecular weight is 407 g/mol. The van der Waals surface area contributed by atoms with E-state index in [1.807, 2.05) is 31.2 Å². The summed E-state index contributed by atoms with van der Waals surface area (Å²) >= 11 is 0. The number of carbonyl (C=O) groups is 2. The molecule has 6 heteroatoms. The van der Waals surface area contributed by atoms with E-state index in [0.29, 0.717) is 23.6 Å². The molecular weight excluding hydrogens is 382 g/mol. The normalized spacial score (nSPS) is 19.5. The van der Waals surface area contributed by atoms with Crippen LogP contribution < -0.4 is 9.47 Å². The Bertz CT molecular complexity index is 1030. The molecule has 156 valence electrons. The maximum absolute atomic E-state index is 13.0. The lowest BCUT2D eigenvalue weighted by Crippen LogP contribution is -2.31. The lowest BCUT2D eigenvalue weighted by molar-refractivity contribution is -0.139. The van der Waals surface area contributed by atoms with Crippen LogP contribution in [0.25, 0.3) is 5.76 Å². The number of benzene rings is 2. The molecule has 4 rings (SSSR count). The van der Waals surface area contributed by atoms with E-state index in [0.717, 1.165) is 30.4 Å². The van der Waals surface area contributed by atoms with Crippen LogP contribution in [0.4, 0.5) is 0 Å². The first kappa shape index (κ1) is 20.0. The quantitative estimate of drug-likeness (QED) is 0.334. The van der Waals surface area contributed by atoms with Crippen molar-refractivity contribution in [2.75, 3.05) is 13.3 Å². The maximum atomic E-state index is 13.0. The topological polar surface area (TPSA) is 76.1 Å². The van der Waals surface area contributed by atoms with E-state index in [1.54, 1.807) is 23.1 Å². The Morgan fingerprint density at radius 1 is 1.10 bits per heavy atom. The van der Waals surface area contributed by atoms with E-state index in [2.05, 4.69) is 6.92 Å². The van der Waals surface area contributed by atoms with Crippen molar-refractivity contribution < 1.29 is 24.2 Å². The van der Waals surface area contributed by atoms with Gasteiger partial charge in [0.05, 0.1) is 11.6 Å². The second-order valence-electron chi connectivity index (χ2n) is 7.62. The number of hydrogen-bond donors (Lipinski definition) is 1. The van der Waals surface area contributed by atoms with Crippen LogP contribution in [0, 0.1) is 6.92 Å². The third-order valence-electron chi connectivity index (χ3n) is 5.67. The van der Waals surface area contributed by atoms with Crippen molar-refractivity contribution in [1.29, 1.82) is 0 Å². The maximum Gasteiger partial charge on any atom is 0.295 e. The van der Waals surface area contributed by atoms with Crippen LogP contribution in [-0.2, 0) is 9.59 Å². The molecule has 0 aliphatic carbocycles. The lowest BCUT2D eigenvalue weighted by Gasteiger charge is -2.26. The number of fused-ring (bicyclic) bond motifs is 1. The lowest BCUT2D eigenvalue weighted by atomic mass is 9.92. The van der Waals surface area contributed by atoms with Gasteiger partial charge in [-0.05, 0) is 42.7 Å². The van der Waals surface area contributed by atoms with Gasteiger partial charge in [0.25, 0.3) is 11.7 Å². The molecule has 2 aromatic carbocycles. The average Bonchev–Trinajstić information content (AvgIpc) is 3.31. The SMILES string of the molecule is CCCCCN1C(=O)C(=O)/C(=C(/O)c2ccc3c(c2)OCO3)C1c1ccccc1C. The molecule has 1 fully saturated rings. The highest BCUT2D eigenvalue weighted by molar-refractivity contribution is 6.46. The highest BCUT2D eigenvalue weighted by Crippen LogP contribution is 2.42. The zero-order valence-corrected chi connectivity index (χ0v) is 17.2. The first-order chi connectivity index (χ1) is 14.5. The highest BCUT2D eigenvalue weighted by Gasteiger charge is 2.46. The molecule has 1 amide bonds. The first-order valence-electron chi connectivity index (χ1n) is 10.3. The molecule has 2 aliphatic heterocycles. The highest BCUT2D eigenvalue weighted by atomic mass is 16.7. The first-order valence-corrected chi connectivity index (χ1v) is 10.3. The number of hydrogen-bond acceptors (Lipinski definition) is 5. The molecule has 1 atom stereocenters. The van der Waals surface area contributed by atoms with Crippen molar-refractivity contribution in [2.24, 2.45) is 0 Å². The molecule has 6 nitrogen and oxygen atoms in total. The van der Waals surface area contributed by atoms with Gasteiger partial charge in [-0.25, -0.2) is 0 Å². The summed E-state index contributed by atoms with van der Waals surface area (Å²) in [6.45, 7) is 4.62. The van der Waals surface area contributed by atoms with E-state index in [1.165, 1.54) is 0 Å². The summed E-state index contributed by atoms with van der Waals surface area (Å²) < 4.78 is 10.7. The van der Waals surface area contributed by atoms with Gasteiger partial charge < -0.3 is 19.5 Å². The second kappa shape index (κ2) is 8.22. The number of rotatable bonds is 6. The minimum atomic E-state index is -0.657. The van der Waals surface area contributed by atoms with Gasteiger partial charge in [-0.2, -0.15) is 0 Å². The van der Waals surface area contributed by atoms with Crippen molar-refractivity contribution in [3.8, 4) is 11.5 Å². The number of aliphatic hydroxyl groups is 1. The fourth-order valence-electron chi connectivity index (χ4n) is 4.06. The van der Waals surface area contributed by atoms with Crippen molar-refractivity contribution >= 4 is 17.4 Å². The van der Waals surface area contributed by atoms with Gasteiger partial charge in [-0.3, -0.25) is 9.59 Å². The summed E-state index contributed by atoms with van der Waals surface area (Å²) in [5, 5.41) is 11.1. The van der Waals surface area contributed by atoms with Crippen LogP contribution in [0.3, 0.4) is 0 Å². The van der Waals surface area contributed by atoms with Gasteiger partial charge in [0.1, 0.15) is 5.76 Å². The number of Topliss-reactive ketones (excluding diaryl/α,β-unsaturated/α-hetero) is 1. The van der Waals surface area contributed by atoms with Crippen LogP contribution in [0.5, 0.6) is 11.5 Å². The third kappa shape index (κ3) is 3.43. The van der Waals surface area contributed by atoms with Gasteiger partial charge in [0.2, 0.25) is 6.79 Å². The van der Waals surface area contributed by atoms with Crippen LogP contribution in [-0.4, -0.2) is 35.0 Å². The minimum Gasteiger partial charge on any atom is -0.507 e. The number of aryl methyl sites for hydroxylation is 1. The van der Waals surface area contributed by atoms with Gasteiger partial charge in [-0.15, -0.1) is 0 Å². The van der Waals surface area contributed by atoms with Crippen LogP contribution in [0.2, 0.25) is 0 Å². The Morgan fingerprint density at radius 2 is 1.87 bits per heavy atom. The molecule has 0 radical (unpaired) electrons. The van der Waals surface area contributed by atoms with Crippen molar-refractivity contribution in [3.05, 3.63) is 64.7 Å². The van der Waals surface area contributed by atoms with Gasteiger partial charge in [-0.1, -0.05) is 44.0 Å². The van der Waals surface area contributed by atoms with Gasteiger partial charge in [0, 0.05) is 12.1 Å². The molecule has 2 heterocycles. The van der Waals surface area contributed by atoms with Crippen molar-refractivity contribution in [3.63, 3.8) is 0 Å². The van der Waals surface area contributed by atoms with Crippen LogP contribution in [0.1, 0.15) is 48.9 Å². The summed E-state index contributed by atoms with van der Waals surface area (Å²) in [7, 11) is 0. The standard InChI is InChI=1S/C24H25NO5/c1-3-4-7-12-25-21(17-9-6-5-8-15(17)2)20(23(27)24(25)28)22(26)16-10-11-18-19(13-16)30-14-29-18/h5-6,8-11,13,21,26H,3-4,7,12,14H2,1-2H3/b22-20+. The molecule has 0 spiro atoms. The fourth-order valence-corrected chi connectivity index (χ4v) is 4.06. The smallest absolute Gasteiger partial charge is 0.295 e. The Morgan fingerprint density at radius 3 is 2.63 bits per heavy atom. The summed E-state index contributed by atoms with van der Waals surface area (Å²) in [5.41, 5.74) is 2.34. The number of unbranched alkanes of at least 4 members (excludes halogenated alkanes) is 2. The van der Waals surface area contributed by atoms with E-state index < -0.39 is 17.7 Å². The van der Waals surface area contributed by atoms with E-state index in [-0.39, 0.29) is 18.1 Å². The number of likely N-dealkylation sites (tertiary alicyclic amines) is 1. The van der Waals surface area contributed by atoms with Crippen LogP contribution >= 0.6 is 0 Å². The zero-order valence-electron chi connectivity index (χ0n) is 17.2. The molecule has 30 heavy (non-hydrogen) atoms. The van der Waals surface area contributed by atoms with Gasteiger partial charge >= 0.3 is 0 Å². The molecule has 0 saturated carbocycles. The molecule has 2 aliphatic rings. The molecular formula is C24H25NO5. The van der Waals surface area contributed by atoms with Gasteiger partial charge in [0.15, 0.2) is 11.5 Å². The summed E-state index contributed by atoms with van der Waals surface area (Å²) in [6.07, 6.45) is 2.78. The minimum absolute atomic E-state index is 0.115. The summed E-state index contributed by atoms with van der Waals surface area (Å²) in [5.74, 6) is -0.333. The predicted octanol–water partition coefficient (Wildman–Crippen LogP) is 4.34. The number of ether oxygens (including phenoxy) is 2.